The predicted molar refractivity (Wildman–Crippen MR) is 99.4 cm³/mol. The maximum absolute atomic E-state index is 14.3. The highest BCUT2D eigenvalue weighted by atomic mass is 19.1. The molecular formula is C19H18FN7O2. The minimum atomic E-state index is -0.395. The number of benzene rings is 1. The van der Waals surface area contributed by atoms with Crippen LogP contribution in [0.3, 0.4) is 0 Å². The summed E-state index contributed by atoms with van der Waals surface area (Å²) in [5.74, 6) is 0.946. The van der Waals surface area contributed by atoms with Gasteiger partial charge in [0.25, 0.3) is 0 Å². The van der Waals surface area contributed by atoms with Gasteiger partial charge in [0.05, 0.1) is 11.7 Å². The molecule has 0 radical (unpaired) electrons. The Labute approximate surface area is 165 Å². The molecule has 0 amide bonds. The Morgan fingerprint density at radius 1 is 1.28 bits per heavy atom. The summed E-state index contributed by atoms with van der Waals surface area (Å²) < 4.78 is 29.2. The zero-order valence-electron chi connectivity index (χ0n) is 15.7. The van der Waals surface area contributed by atoms with Crippen LogP contribution >= 0.6 is 0 Å². The molecule has 1 saturated heterocycles. The number of rotatable bonds is 5. The molecule has 0 aliphatic carbocycles. The summed E-state index contributed by atoms with van der Waals surface area (Å²) >= 11 is 0. The van der Waals surface area contributed by atoms with Crippen molar-refractivity contribution in [3.05, 3.63) is 53.9 Å². The first-order valence-corrected chi connectivity index (χ1v) is 9.29. The molecule has 1 aliphatic heterocycles. The summed E-state index contributed by atoms with van der Waals surface area (Å²) in [6, 6.07) is 8.22. The van der Waals surface area contributed by atoms with Gasteiger partial charge < -0.3 is 9.47 Å². The first-order valence-electron chi connectivity index (χ1n) is 9.29. The van der Waals surface area contributed by atoms with E-state index in [1.54, 1.807) is 29.9 Å². The fourth-order valence-corrected chi connectivity index (χ4v) is 3.39. The van der Waals surface area contributed by atoms with Crippen LogP contribution in [0.15, 0.2) is 36.7 Å². The molecule has 0 saturated carbocycles. The molecule has 1 unspecified atom stereocenters. The second-order valence-corrected chi connectivity index (χ2v) is 6.77. The van der Waals surface area contributed by atoms with Crippen molar-refractivity contribution in [2.24, 2.45) is 7.05 Å². The lowest BCUT2D eigenvalue weighted by Gasteiger charge is -2.15. The van der Waals surface area contributed by atoms with E-state index >= 15 is 0 Å². The molecule has 1 fully saturated rings. The van der Waals surface area contributed by atoms with Crippen molar-refractivity contribution in [3.63, 3.8) is 0 Å². The maximum Gasteiger partial charge on any atom is 0.238 e. The number of fused-ring (bicyclic) bond motifs is 1. The highest BCUT2D eigenvalue weighted by molar-refractivity contribution is 5.60. The van der Waals surface area contributed by atoms with Crippen LogP contribution in [0.25, 0.3) is 17.0 Å². The van der Waals surface area contributed by atoms with E-state index in [1.807, 2.05) is 6.07 Å². The molecule has 29 heavy (non-hydrogen) atoms. The van der Waals surface area contributed by atoms with Crippen LogP contribution in [0.5, 0.6) is 5.88 Å². The molecule has 10 heteroatoms. The number of nitrogens with zero attached hydrogens (tertiary/aromatic N) is 7. The van der Waals surface area contributed by atoms with Crippen LogP contribution in [0.4, 0.5) is 4.39 Å². The Kier molecular flexibility index (Phi) is 4.39. The normalized spacial score (nSPS) is 16.6. The molecule has 5 rings (SSSR count). The molecule has 4 aromatic rings. The van der Waals surface area contributed by atoms with Crippen LogP contribution < -0.4 is 4.74 Å². The second kappa shape index (κ2) is 7.21. The van der Waals surface area contributed by atoms with Gasteiger partial charge in [-0.25, -0.2) is 9.37 Å². The van der Waals surface area contributed by atoms with Crippen molar-refractivity contribution >= 4 is 5.65 Å². The Morgan fingerprint density at radius 2 is 2.17 bits per heavy atom. The van der Waals surface area contributed by atoms with E-state index < -0.39 is 5.82 Å². The molecule has 3 aromatic heterocycles. The smallest absolute Gasteiger partial charge is 0.238 e. The largest absolute Gasteiger partial charge is 0.468 e. The minimum Gasteiger partial charge on any atom is -0.468 e. The van der Waals surface area contributed by atoms with Crippen LogP contribution in [-0.4, -0.2) is 41.2 Å². The van der Waals surface area contributed by atoms with Gasteiger partial charge in [0.2, 0.25) is 5.88 Å². The Bertz CT molecular complexity index is 1170. The molecule has 0 spiro atoms. The fraction of sp³-hybridized carbons (Fsp3) is 0.316. The summed E-state index contributed by atoms with van der Waals surface area (Å²) in [6.07, 6.45) is 3.17. The molecule has 9 nitrogen and oxygen atoms in total. The van der Waals surface area contributed by atoms with Crippen LogP contribution in [0, 0.1) is 5.82 Å². The summed E-state index contributed by atoms with van der Waals surface area (Å²) in [4.78, 5) is 4.17. The van der Waals surface area contributed by atoms with Gasteiger partial charge in [-0.1, -0.05) is 12.1 Å². The van der Waals surface area contributed by atoms with E-state index in [0.717, 1.165) is 18.4 Å². The number of ether oxygens (including phenoxy) is 2. The third-order valence-electron chi connectivity index (χ3n) is 4.92. The maximum atomic E-state index is 14.3. The van der Waals surface area contributed by atoms with Gasteiger partial charge in [-0.15, -0.1) is 15.3 Å². The molecule has 4 heterocycles. The number of aromatic nitrogens is 7. The highest BCUT2D eigenvalue weighted by Crippen LogP contribution is 2.35. The van der Waals surface area contributed by atoms with Crippen molar-refractivity contribution in [1.29, 1.82) is 0 Å². The van der Waals surface area contributed by atoms with Crippen LogP contribution in [-0.2, 0) is 18.4 Å². The highest BCUT2D eigenvalue weighted by Gasteiger charge is 2.25. The lowest BCUT2D eigenvalue weighted by molar-refractivity contribution is 0.107. The molecular weight excluding hydrogens is 377 g/mol. The second-order valence-electron chi connectivity index (χ2n) is 6.77. The summed E-state index contributed by atoms with van der Waals surface area (Å²) in [7, 11) is 1.79. The molecule has 0 N–H and O–H groups in total. The van der Waals surface area contributed by atoms with E-state index in [2.05, 4.69) is 25.4 Å². The molecule has 1 aromatic carbocycles. The van der Waals surface area contributed by atoms with Crippen LogP contribution in [0.1, 0.15) is 30.3 Å². The van der Waals surface area contributed by atoms with Gasteiger partial charge in [0.15, 0.2) is 17.3 Å². The van der Waals surface area contributed by atoms with E-state index in [1.165, 1.54) is 16.9 Å². The average molecular weight is 395 g/mol. The minimum absolute atomic E-state index is 0.129. The Hall–Kier alpha value is -3.40. The molecule has 1 atom stereocenters. The SMILES string of the molecule is Cn1ncnc1COc1nn2c(-c3ccccc3F)nnc2cc1C1CCCO1. The van der Waals surface area contributed by atoms with Crippen molar-refractivity contribution in [2.75, 3.05) is 6.61 Å². The van der Waals surface area contributed by atoms with Crippen molar-refractivity contribution in [1.82, 2.24) is 34.6 Å². The topological polar surface area (TPSA) is 92.2 Å². The standard InChI is InChI=1S/C19H18FN7O2/c1-26-17(21-11-22-26)10-29-19-13(15-7-4-8-28-15)9-16-23-24-18(27(16)25-19)12-5-2-3-6-14(12)20/h2-3,5-6,9,11,15H,4,7-8,10H2,1H3. The van der Waals surface area contributed by atoms with Crippen molar-refractivity contribution < 1.29 is 13.9 Å². The quantitative estimate of drug-likeness (QED) is 0.513. The van der Waals surface area contributed by atoms with Gasteiger partial charge in [-0.3, -0.25) is 4.68 Å². The van der Waals surface area contributed by atoms with Gasteiger partial charge in [-0.2, -0.15) is 9.61 Å². The van der Waals surface area contributed by atoms with Crippen LogP contribution in [0.2, 0.25) is 0 Å². The van der Waals surface area contributed by atoms with Gasteiger partial charge in [0.1, 0.15) is 18.8 Å². The summed E-state index contributed by atoms with van der Waals surface area (Å²) in [5.41, 5.74) is 1.61. The molecule has 148 valence electrons. The van der Waals surface area contributed by atoms with E-state index in [-0.39, 0.29) is 12.7 Å². The van der Waals surface area contributed by atoms with Crippen molar-refractivity contribution in [2.45, 2.75) is 25.6 Å². The number of hydrogen-bond donors (Lipinski definition) is 0. The first-order chi connectivity index (χ1) is 14.2. The summed E-state index contributed by atoms with van der Waals surface area (Å²) in [5, 5.41) is 17.0. The number of aryl methyl sites for hydroxylation is 1. The van der Waals surface area contributed by atoms with Crippen molar-refractivity contribution in [3.8, 4) is 17.3 Å². The Morgan fingerprint density at radius 3 is 2.93 bits per heavy atom. The van der Waals surface area contributed by atoms with E-state index in [4.69, 9.17) is 9.47 Å². The number of halogens is 1. The first kappa shape index (κ1) is 17.7. The van der Waals surface area contributed by atoms with E-state index in [0.29, 0.717) is 35.3 Å². The zero-order valence-corrected chi connectivity index (χ0v) is 15.7. The average Bonchev–Trinajstić information content (AvgIpc) is 3.47. The third-order valence-corrected chi connectivity index (χ3v) is 4.92. The Balaban J connectivity index is 1.59. The monoisotopic (exact) mass is 395 g/mol. The summed E-state index contributed by atoms with van der Waals surface area (Å²) in [6.45, 7) is 0.873. The lowest BCUT2D eigenvalue weighted by Crippen LogP contribution is -2.10. The number of hydrogen-bond acceptors (Lipinski definition) is 7. The predicted octanol–water partition coefficient (Wildman–Crippen LogP) is 2.49. The molecule has 1 aliphatic rings. The van der Waals surface area contributed by atoms with Gasteiger partial charge in [-0.05, 0) is 31.0 Å². The fourth-order valence-electron chi connectivity index (χ4n) is 3.39. The third kappa shape index (κ3) is 3.21. The lowest BCUT2D eigenvalue weighted by atomic mass is 10.1. The van der Waals surface area contributed by atoms with E-state index in [9.17, 15) is 4.39 Å². The molecule has 0 bridgehead atoms. The van der Waals surface area contributed by atoms with Gasteiger partial charge >= 0.3 is 0 Å². The van der Waals surface area contributed by atoms with Gasteiger partial charge in [0, 0.05) is 19.2 Å². The zero-order chi connectivity index (χ0) is 19.8.